The van der Waals surface area contributed by atoms with Crippen molar-refractivity contribution in [2.75, 3.05) is 5.32 Å². The molecule has 26 heavy (non-hydrogen) atoms. The summed E-state index contributed by atoms with van der Waals surface area (Å²) in [5.74, 6) is -1.25. The molecule has 0 aliphatic carbocycles. The van der Waals surface area contributed by atoms with Gasteiger partial charge < -0.3 is 5.11 Å². The van der Waals surface area contributed by atoms with E-state index in [0.717, 1.165) is 16.7 Å². The van der Waals surface area contributed by atoms with Crippen LogP contribution in [-0.4, -0.2) is 27.0 Å². The number of carboxylic acid groups (broad SMARTS) is 1. The highest BCUT2D eigenvalue weighted by Gasteiger charge is 2.18. The third-order valence-corrected chi connectivity index (χ3v) is 4.92. The number of pyridine rings is 1. The molecule has 0 unspecified atom stereocenters. The lowest BCUT2D eigenvalue weighted by Crippen LogP contribution is -2.11. The minimum Gasteiger partial charge on any atom is -0.481 e. The first-order chi connectivity index (χ1) is 12.4. The normalized spacial score (nSPS) is 10.5. The highest BCUT2D eigenvalue weighted by molar-refractivity contribution is 7.16. The fraction of sp³-hybridized carbons (Fsp3) is 0.158. The summed E-state index contributed by atoms with van der Waals surface area (Å²) in [4.78, 5) is 32.5. The van der Waals surface area contributed by atoms with Crippen LogP contribution in [0.1, 0.15) is 26.4 Å². The Morgan fingerprint density at radius 3 is 2.50 bits per heavy atom. The van der Waals surface area contributed by atoms with E-state index in [4.69, 9.17) is 0 Å². The number of aryl methyl sites for hydroxylation is 2. The van der Waals surface area contributed by atoms with Gasteiger partial charge in [0, 0.05) is 28.4 Å². The molecule has 0 saturated carbocycles. The van der Waals surface area contributed by atoms with Crippen LogP contribution in [0.5, 0.6) is 0 Å². The molecule has 132 valence electrons. The lowest BCUT2D eigenvalue weighted by Gasteiger charge is -2.04. The number of carboxylic acids is 1. The summed E-state index contributed by atoms with van der Waals surface area (Å²) in [6.07, 6.45) is 2.92. The molecular formula is C19H17N3O3S. The van der Waals surface area contributed by atoms with Crippen molar-refractivity contribution in [1.29, 1.82) is 0 Å². The van der Waals surface area contributed by atoms with Crippen molar-refractivity contribution in [3.05, 3.63) is 64.3 Å². The van der Waals surface area contributed by atoms with Gasteiger partial charge in [-0.05, 0) is 43.2 Å². The fourth-order valence-corrected chi connectivity index (χ4v) is 3.42. The highest BCUT2D eigenvalue weighted by atomic mass is 32.1. The summed E-state index contributed by atoms with van der Waals surface area (Å²) < 4.78 is 0. The summed E-state index contributed by atoms with van der Waals surface area (Å²) in [6, 6.07) is 9.07. The molecule has 6 nitrogen and oxygen atoms in total. The second-order valence-corrected chi connectivity index (χ2v) is 6.93. The van der Waals surface area contributed by atoms with Crippen molar-refractivity contribution in [1.82, 2.24) is 9.97 Å². The molecule has 0 aliphatic heterocycles. The number of anilines is 1. The number of amides is 1. The van der Waals surface area contributed by atoms with Crippen LogP contribution < -0.4 is 5.32 Å². The van der Waals surface area contributed by atoms with E-state index in [1.165, 1.54) is 23.7 Å². The number of benzene rings is 1. The molecule has 0 atom stereocenters. The summed E-state index contributed by atoms with van der Waals surface area (Å²) in [5.41, 5.74) is 4.13. The van der Waals surface area contributed by atoms with Gasteiger partial charge in [-0.3, -0.25) is 19.9 Å². The lowest BCUT2D eigenvalue weighted by molar-refractivity contribution is -0.136. The van der Waals surface area contributed by atoms with E-state index >= 15 is 0 Å². The third-order valence-electron chi connectivity index (χ3n) is 3.95. The van der Waals surface area contributed by atoms with E-state index in [1.807, 2.05) is 32.0 Å². The zero-order valence-electron chi connectivity index (χ0n) is 14.3. The van der Waals surface area contributed by atoms with Gasteiger partial charge in [0.15, 0.2) is 5.13 Å². The van der Waals surface area contributed by atoms with Crippen LogP contribution in [0.25, 0.3) is 11.3 Å². The average molecular weight is 367 g/mol. The molecular weight excluding hydrogens is 350 g/mol. The predicted octanol–water partition coefficient (Wildman–Crippen LogP) is 3.70. The Labute approximate surface area is 154 Å². The van der Waals surface area contributed by atoms with Gasteiger partial charge in [-0.15, -0.1) is 11.3 Å². The maximum absolute atomic E-state index is 12.3. The van der Waals surface area contributed by atoms with Gasteiger partial charge in [0.25, 0.3) is 5.91 Å². The van der Waals surface area contributed by atoms with Gasteiger partial charge in [-0.2, -0.15) is 0 Å². The van der Waals surface area contributed by atoms with Gasteiger partial charge in [0.2, 0.25) is 0 Å². The molecule has 7 heteroatoms. The Hall–Kier alpha value is -3.06. The van der Waals surface area contributed by atoms with Crippen LogP contribution in [0, 0.1) is 13.8 Å². The maximum Gasteiger partial charge on any atom is 0.308 e. The summed E-state index contributed by atoms with van der Waals surface area (Å²) in [7, 11) is 0. The monoisotopic (exact) mass is 367 g/mol. The number of nitrogens with zero attached hydrogens (tertiary/aromatic N) is 2. The third kappa shape index (κ3) is 3.94. The molecule has 2 aromatic heterocycles. The molecule has 0 spiro atoms. The number of hydrogen-bond acceptors (Lipinski definition) is 5. The second-order valence-electron chi connectivity index (χ2n) is 5.85. The first-order valence-corrected chi connectivity index (χ1v) is 8.76. The predicted molar refractivity (Wildman–Crippen MR) is 101 cm³/mol. The smallest absolute Gasteiger partial charge is 0.308 e. The van der Waals surface area contributed by atoms with E-state index in [2.05, 4.69) is 15.3 Å². The van der Waals surface area contributed by atoms with Crippen LogP contribution in [0.3, 0.4) is 0 Å². The topological polar surface area (TPSA) is 92.2 Å². The number of aliphatic carboxylic acids is 1. The minimum absolute atomic E-state index is 0.148. The summed E-state index contributed by atoms with van der Waals surface area (Å²) >= 11 is 1.18. The van der Waals surface area contributed by atoms with Crippen molar-refractivity contribution in [3.8, 4) is 11.3 Å². The number of carbonyl (C=O) groups excluding carboxylic acids is 1. The fourth-order valence-electron chi connectivity index (χ4n) is 2.45. The Balaban J connectivity index is 1.95. The lowest BCUT2D eigenvalue weighted by atomic mass is 10.0. The Morgan fingerprint density at radius 2 is 1.85 bits per heavy atom. The largest absolute Gasteiger partial charge is 0.481 e. The van der Waals surface area contributed by atoms with Crippen LogP contribution >= 0.6 is 11.3 Å². The zero-order chi connectivity index (χ0) is 18.7. The van der Waals surface area contributed by atoms with Crippen molar-refractivity contribution in [2.45, 2.75) is 20.3 Å². The summed E-state index contributed by atoms with van der Waals surface area (Å²) in [5, 5.41) is 12.3. The molecule has 1 amide bonds. The zero-order valence-corrected chi connectivity index (χ0v) is 15.1. The van der Waals surface area contributed by atoms with Crippen LogP contribution in [0.2, 0.25) is 0 Å². The van der Waals surface area contributed by atoms with Gasteiger partial charge >= 0.3 is 5.97 Å². The highest BCUT2D eigenvalue weighted by Crippen LogP contribution is 2.32. The molecule has 0 fully saturated rings. The van der Waals surface area contributed by atoms with Crippen LogP contribution in [0.15, 0.2) is 42.7 Å². The number of hydrogen-bond donors (Lipinski definition) is 2. The van der Waals surface area contributed by atoms with Crippen molar-refractivity contribution in [2.24, 2.45) is 0 Å². The van der Waals surface area contributed by atoms with Crippen molar-refractivity contribution >= 4 is 28.3 Å². The van der Waals surface area contributed by atoms with Gasteiger partial charge in [-0.1, -0.05) is 12.1 Å². The number of carbonyl (C=O) groups is 2. The molecule has 3 aromatic rings. The van der Waals surface area contributed by atoms with Crippen LogP contribution in [0.4, 0.5) is 5.13 Å². The number of nitrogens with one attached hydrogen (secondary N) is 1. The number of aromatic nitrogens is 2. The van der Waals surface area contributed by atoms with E-state index in [-0.39, 0.29) is 12.3 Å². The molecule has 2 N–H and O–H groups in total. The molecule has 0 saturated heterocycles. The summed E-state index contributed by atoms with van der Waals surface area (Å²) in [6.45, 7) is 4.01. The minimum atomic E-state index is -0.939. The van der Waals surface area contributed by atoms with E-state index in [0.29, 0.717) is 21.3 Å². The standard InChI is InChI=1S/C19H17N3O3S/c1-11-3-4-14(9-12(11)2)17-15(10-16(23)24)26-19(21-17)22-18(25)13-5-7-20-8-6-13/h3-9H,10H2,1-2H3,(H,23,24)(H,21,22,25). The van der Waals surface area contributed by atoms with E-state index in [1.54, 1.807) is 12.1 Å². The Bertz CT molecular complexity index is 967. The average Bonchev–Trinajstić information content (AvgIpc) is 2.99. The molecule has 0 aliphatic rings. The first-order valence-electron chi connectivity index (χ1n) is 7.94. The number of thiazole rings is 1. The Morgan fingerprint density at radius 1 is 1.12 bits per heavy atom. The van der Waals surface area contributed by atoms with E-state index < -0.39 is 5.97 Å². The molecule has 0 bridgehead atoms. The van der Waals surface area contributed by atoms with Gasteiger partial charge in [0.1, 0.15) is 0 Å². The van der Waals surface area contributed by atoms with Crippen molar-refractivity contribution < 1.29 is 14.7 Å². The molecule has 1 aromatic carbocycles. The van der Waals surface area contributed by atoms with E-state index in [9.17, 15) is 14.7 Å². The van der Waals surface area contributed by atoms with Gasteiger partial charge in [0.05, 0.1) is 12.1 Å². The maximum atomic E-state index is 12.3. The van der Waals surface area contributed by atoms with Crippen LogP contribution in [-0.2, 0) is 11.2 Å². The number of rotatable bonds is 5. The molecule has 2 heterocycles. The molecule has 3 rings (SSSR count). The Kier molecular flexibility index (Phi) is 5.09. The van der Waals surface area contributed by atoms with Crippen molar-refractivity contribution in [3.63, 3.8) is 0 Å². The SMILES string of the molecule is Cc1ccc(-c2nc(NC(=O)c3ccncc3)sc2CC(=O)O)cc1C. The molecule has 0 radical (unpaired) electrons. The second kappa shape index (κ2) is 7.45. The quantitative estimate of drug-likeness (QED) is 0.717. The first kappa shape index (κ1) is 17.8. The van der Waals surface area contributed by atoms with Gasteiger partial charge in [-0.25, -0.2) is 4.98 Å².